The van der Waals surface area contributed by atoms with E-state index >= 15 is 0 Å². The summed E-state index contributed by atoms with van der Waals surface area (Å²) in [6.07, 6.45) is 0.411. The number of rotatable bonds is 5. The highest BCUT2D eigenvalue weighted by atomic mass is 79.9. The number of nitrogens with one attached hydrogen (secondary N) is 1. The van der Waals surface area contributed by atoms with Gasteiger partial charge in [0.1, 0.15) is 0 Å². The van der Waals surface area contributed by atoms with Crippen LogP contribution >= 0.6 is 15.9 Å². The van der Waals surface area contributed by atoms with Gasteiger partial charge in [0, 0.05) is 10.5 Å². The lowest BCUT2D eigenvalue weighted by atomic mass is 9.98. The van der Waals surface area contributed by atoms with Gasteiger partial charge < -0.3 is 5.32 Å². The summed E-state index contributed by atoms with van der Waals surface area (Å²) in [4.78, 5) is 0. The van der Waals surface area contributed by atoms with E-state index in [2.05, 4.69) is 21.2 Å². The molecule has 2 rings (SSSR count). The number of hydrogen-bond acceptors (Lipinski definition) is 1. The SMILES string of the molecule is CCNC(Cc1cccc(F)c1F)c1cccc(Br)c1. The van der Waals surface area contributed by atoms with Crippen LogP contribution in [0, 0.1) is 11.6 Å². The van der Waals surface area contributed by atoms with Crippen LogP contribution in [0.25, 0.3) is 0 Å². The van der Waals surface area contributed by atoms with Gasteiger partial charge in [-0.1, -0.05) is 47.1 Å². The van der Waals surface area contributed by atoms with Crippen molar-refractivity contribution in [2.75, 3.05) is 6.54 Å². The molecule has 1 nitrogen and oxygen atoms in total. The molecule has 1 N–H and O–H groups in total. The first-order chi connectivity index (χ1) is 9.61. The van der Waals surface area contributed by atoms with E-state index < -0.39 is 11.6 Å². The third-order valence-electron chi connectivity index (χ3n) is 3.16. The molecule has 0 spiro atoms. The fourth-order valence-corrected chi connectivity index (χ4v) is 2.62. The van der Waals surface area contributed by atoms with Crippen molar-refractivity contribution >= 4 is 15.9 Å². The first kappa shape index (κ1) is 15.1. The summed E-state index contributed by atoms with van der Waals surface area (Å²) in [7, 11) is 0. The Labute approximate surface area is 126 Å². The lowest BCUT2D eigenvalue weighted by molar-refractivity contribution is 0.481. The zero-order valence-corrected chi connectivity index (χ0v) is 12.8. The Kier molecular flexibility index (Phi) is 5.26. The van der Waals surface area contributed by atoms with E-state index in [0.29, 0.717) is 12.0 Å². The van der Waals surface area contributed by atoms with Gasteiger partial charge in [0.2, 0.25) is 0 Å². The van der Waals surface area contributed by atoms with Crippen molar-refractivity contribution in [2.24, 2.45) is 0 Å². The molecular weight excluding hydrogens is 324 g/mol. The second kappa shape index (κ2) is 6.95. The van der Waals surface area contributed by atoms with Gasteiger partial charge in [0.15, 0.2) is 11.6 Å². The summed E-state index contributed by atoms with van der Waals surface area (Å²) in [5, 5.41) is 3.31. The summed E-state index contributed by atoms with van der Waals surface area (Å²) < 4.78 is 28.0. The zero-order chi connectivity index (χ0) is 14.5. The second-order valence-corrected chi connectivity index (χ2v) is 5.50. The van der Waals surface area contributed by atoms with Crippen molar-refractivity contribution < 1.29 is 8.78 Å². The summed E-state index contributed by atoms with van der Waals surface area (Å²) in [5.74, 6) is -1.56. The third-order valence-corrected chi connectivity index (χ3v) is 3.65. The van der Waals surface area contributed by atoms with E-state index in [9.17, 15) is 8.78 Å². The maximum atomic E-state index is 13.8. The molecule has 0 radical (unpaired) electrons. The van der Waals surface area contributed by atoms with E-state index in [1.165, 1.54) is 6.07 Å². The Balaban J connectivity index is 2.28. The van der Waals surface area contributed by atoms with Crippen molar-refractivity contribution in [3.05, 3.63) is 69.7 Å². The molecule has 20 heavy (non-hydrogen) atoms. The maximum absolute atomic E-state index is 13.8. The monoisotopic (exact) mass is 339 g/mol. The van der Waals surface area contributed by atoms with Gasteiger partial charge in [-0.15, -0.1) is 0 Å². The summed E-state index contributed by atoms with van der Waals surface area (Å²) in [6, 6.07) is 12.1. The molecule has 0 aromatic heterocycles. The lowest BCUT2D eigenvalue weighted by Gasteiger charge is -2.19. The quantitative estimate of drug-likeness (QED) is 0.837. The number of benzene rings is 2. The Morgan fingerprint density at radius 2 is 1.90 bits per heavy atom. The molecular formula is C16H16BrF2N. The van der Waals surface area contributed by atoms with Crippen LogP contribution in [0.2, 0.25) is 0 Å². The normalized spacial score (nSPS) is 12.4. The molecule has 0 amide bonds. The maximum Gasteiger partial charge on any atom is 0.162 e. The highest BCUT2D eigenvalue weighted by Crippen LogP contribution is 2.23. The average Bonchev–Trinajstić information content (AvgIpc) is 2.43. The van der Waals surface area contributed by atoms with Crippen molar-refractivity contribution in [1.82, 2.24) is 5.32 Å². The lowest BCUT2D eigenvalue weighted by Crippen LogP contribution is -2.23. The van der Waals surface area contributed by atoms with Crippen LogP contribution in [0.5, 0.6) is 0 Å². The average molecular weight is 340 g/mol. The Morgan fingerprint density at radius 3 is 2.60 bits per heavy atom. The van der Waals surface area contributed by atoms with E-state index in [1.54, 1.807) is 6.07 Å². The Bertz CT molecular complexity index is 586. The molecule has 0 aliphatic carbocycles. The van der Waals surface area contributed by atoms with Gasteiger partial charge in [-0.05, 0) is 42.3 Å². The molecule has 1 atom stereocenters. The highest BCUT2D eigenvalue weighted by molar-refractivity contribution is 9.10. The summed E-state index contributed by atoms with van der Waals surface area (Å²) >= 11 is 3.43. The van der Waals surface area contributed by atoms with Crippen LogP contribution in [0.4, 0.5) is 8.78 Å². The largest absolute Gasteiger partial charge is 0.310 e. The molecule has 0 saturated carbocycles. The summed E-state index contributed by atoms with van der Waals surface area (Å²) in [5.41, 5.74) is 1.43. The van der Waals surface area contributed by atoms with Crippen LogP contribution < -0.4 is 5.32 Å². The minimum absolute atomic E-state index is 0.0474. The molecule has 0 fully saturated rings. The fraction of sp³-hybridized carbons (Fsp3) is 0.250. The van der Waals surface area contributed by atoms with E-state index in [-0.39, 0.29) is 6.04 Å². The van der Waals surface area contributed by atoms with E-state index in [1.807, 2.05) is 31.2 Å². The Morgan fingerprint density at radius 1 is 1.15 bits per heavy atom. The minimum Gasteiger partial charge on any atom is -0.310 e. The predicted molar refractivity (Wildman–Crippen MR) is 80.6 cm³/mol. The molecule has 0 saturated heterocycles. The van der Waals surface area contributed by atoms with Crippen molar-refractivity contribution in [3.8, 4) is 0 Å². The van der Waals surface area contributed by atoms with Gasteiger partial charge in [0.05, 0.1) is 0 Å². The standard InChI is InChI=1S/C16H16BrF2N/c1-2-20-15(11-5-3-7-13(17)9-11)10-12-6-4-8-14(18)16(12)19/h3-9,15,20H,2,10H2,1H3. The fourth-order valence-electron chi connectivity index (χ4n) is 2.20. The molecule has 0 aliphatic rings. The van der Waals surface area contributed by atoms with Gasteiger partial charge in [-0.3, -0.25) is 0 Å². The first-order valence-electron chi connectivity index (χ1n) is 6.53. The van der Waals surface area contributed by atoms with Gasteiger partial charge >= 0.3 is 0 Å². The van der Waals surface area contributed by atoms with Gasteiger partial charge in [-0.25, -0.2) is 8.78 Å². The smallest absolute Gasteiger partial charge is 0.162 e. The zero-order valence-electron chi connectivity index (χ0n) is 11.2. The van der Waals surface area contributed by atoms with Crippen molar-refractivity contribution in [1.29, 1.82) is 0 Å². The molecule has 2 aromatic rings. The van der Waals surface area contributed by atoms with E-state index in [0.717, 1.165) is 22.6 Å². The minimum atomic E-state index is -0.799. The highest BCUT2D eigenvalue weighted by Gasteiger charge is 2.15. The molecule has 1 unspecified atom stereocenters. The molecule has 0 bridgehead atoms. The molecule has 0 aliphatic heterocycles. The van der Waals surface area contributed by atoms with Gasteiger partial charge in [0.25, 0.3) is 0 Å². The van der Waals surface area contributed by atoms with Crippen molar-refractivity contribution in [2.45, 2.75) is 19.4 Å². The van der Waals surface area contributed by atoms with Crippen LogP contribution in [0.1, 0.15) is 24.1 Å². The van der Waals surface area contributed by atoms with Gasteiger partial charge in [-0.2, -0.15) is 0 Å². The predicted octanol–water partition coefficient (Wildman–Crippen LogP) is 4.62. The molecule has 4 heteroatoms. The van der Waals surface area contributed by atoms with Crippen molar-refractivity contribution in [3.63, 3.8) is 0 Å². The van der Waals surface area contributed by atoms with Crippen LogP contribution in [-0.4, -0.2) is 6.54 Å². The second-order valence-electron chi connectivity index (χ2n) is 4.58. The number of likely N-dealkylation sites (N-methyl/N-ethyl adjacent to an activating group) is 1. The molecule has 0 heterocycles. The Hall–Kier alpha value is -1.26. The van der Waals surface area contributed by atoms with Crippen LogP contribution in [0.15, 0.2) is 46.9 Å². The summed E-state index contributed by atoms with van der Waals surface area (Å²) in [6.45, 7) is 2.75. The first-order valence-corrected chi connectivity index (χ1v) is 7.33. The van der Waals surface area contributed by atoms with E-state index in [4.69, 9.17) is 0 Å². The number of hydrogen-bond donors (Lipinski definition) is 1. The van der Waals surface area contributed by atoms with Crippen LogP contribution in [-0.2, 0) is 6.42 Å². The topological polar surface area (TPSA) is 12.0 Å². The third kappa shape index (κ3) is 3.64. The number of halogens is 3. The van der Waals surface area contributed by atoms with Crippen LogP contribution in [0.3, 0.4) is 0 Å². The molecule has 106 valence electrons. The molecule has 2 aromatic carbocycles.